The Morgan fingerprint density at radius 1 is 1.31 bits per heavy atom. The van der Waals surface area contributed by atoms with Crippen LogP contribution >= 0.6 is 0 Å². The van der Waals surface area contributed by atoms with Crippen molar-refractivity contribution < 1.29 is 9.59 Å². The van der Waals surface area contributed by atoms with Crippen LogP contribution in [-0.4, -0.2) is 18.7 Å². The Morgan fingerprint density at radius 3 is 2.62 bits per heavy atom. The third kappa shape index (κ3) is 3.07. The van der Waals surface area contributed by atoms with Gasteiger partial charge in [0.2, 0.25) is 0 Å². The van der Waals surface area contributed by atoms with E-state index in [0.717, 1.165) is 0 Å². The second-order valence-electron chi connectivity index (χ2n) is 2.57. The van der Waals surface area contributed by atoms with Crippen LogP contribution in [-0.2, 0) is 4.79 Å². The number of carbonyl (C=O) groups excluding carboxylic acids is 2. The van der Waals surface area contributed by atoms with Crippen LogP contribution < -0.4 is 5.32 Å². The maximum absolute atomic E-state index is 11.3. The average molecular weight is 176 g/mol. The number of carbonyl (C=O) groups is 1. The van der Waals surface area contributed by atoms with E-state index in [0.29, 0.717) is 18.5 Å². The first kappa shape index (κ1) is 9.45. The van der Waals surface area contributed by atoms with E-state index in [-0.39, 0.29) is 5.78 Å². The quantitative estimate of drug-likeness (QED) is 0.412. The summed E-state index contributed by atoms with van der Waals surface area (Å²) in [5.74, 6) is 0.0309. The van der Waals surface area contributed by atoms with Crippen molar-refractivity contribution in [1.82, 2.24) is 5.32 Å². The molecule has 67 valence electrons. The van der Waals surface area contributed by atoms with Gasteiger partial charge in [0.25, 0.3) is 0 Å². The van der Waals surface area contributed by atoms with Gasteiger partial charge in [0.05, 0.1) is 0 Å². The molecule has 0 saturated carbocycles. The van der Waals surface area contributed by atoms with Crippen LogP contribution in [0.5, 0.6) is 0 Å². The molecule has 0 atom stereocenters. The molecule has 3 heteroatoms. The summed E-state index contributed by atoms with van der Waals surface area (Å²) in [5.41, 5.74) is 0.676. The van der Waals surface area contributed by atoms with Gasteiger partial charge in [0.15, 0.2) is 5.78 Å². The predicted octanol–water partition coefficient (Wildman–Crippen LogP) is 0.916. The lowest BCUT2D eigenvalue weighted by Crippen LogP contribution is -2.15. The minimum atomic E-state index is 0.0309. The molecular formula is C10H10NO2. The summed E-state index contributed by atoms with van der Waals surface area (Å²) in [6, 6.07) is 8.99. The van der Waals surface area contributed by atoms with Crippen molar-refractivity contribution in [3.8, 4) is 0 Å². The van der Waals surface area contributed by atoms with E-state index in [4.69, 9.17) is 0 Å². The summed E-state index contributed by atoms with van der Waals surface area (Å²) >= 11 is 0. The SMILES string of the molecule is O=[C]NCCC(=O)c1ccccc1. The highest BCUT2D eigenvalue weighted by Gasteiger charge is 2.02. The number of nitrogens with one attached hydrogen (secondary N) is 1. The molecule has 0 bridgehead atoms. The molecule has 0 spiro atoms. The van der Waals surface area contributed by atoms with E-state index in [9.17, 15) is 9.59 Å². The van der Waals surface area contributed by atoms with Crippen LogP contribution in [0.25, 0.3) is 0 Å². The van der Waals surface area contributed by atoms with Gasteiger partial charge in [-0.25, -0.2) is 0 Å². The maximum atomic E-state index is 11.3. The van der Waals surface area contributed by atoms with Crippen molar-refractivity contribution in [1.29, 1.82) is 0 Å². The highest BCUT2D eigenvalue weighted by molar-refractivity contribution is 5.96. The van der Waals surface area contributed by atoms with E-state index in [1.807, 2.05) is 18.2 Å². The molecule has 1 rings (SSSR count). The molecule has 0 aliphatic rings. The molecule has 0 heterocycles. The van der Waals surface area contributed by atoms with Crippen molar-refractivity contribution in [2.75, 3.05) is 6.54 Å². The van der Waals surface area contributed by atoms with Crippen molar-refractivity contribution in [3.63, 3.8) is 0 Å². The summed E-state index contributed by atoms with van der Waals surface area (Å²) < 4.78 is 0. The standard InChI is InChI=1S/C10H10NO2/c12-8-11-7-6-10(13)9-4-2-1-3-5-9/h1-5H,6-7H2,(H,11,12). The van der Waals surface area contributed by atoms with Crippen LogP contribution in [0, 0.1) is 0 Å². The highest BCUT2D eigenvalue weighted by Crippen LogP contribution is 2.01. The predicted molar refractivity (Wildman–Crippen MR) is 49.1 cm³/mol. The molecule has 0 fully saturated rings. The number of amides is 1. The van der Waals surface area contributed by atoms with Gasteiger partial charge >= 0.3 is 6.41 Å². The Morgan fingerprint density at radius 2 is 2.00 bits per heavy atom. The van der Waals surface area contributed by atoms with E-state index in [2.05, 4.69) is 5.32 Å². The summed E-state index contributed by atoms with van der Waals surface area (Å²) in [6.07, 6.45) is 1.84. The number of hydrogen-bond acceptors (Lipinski definition) is 2. The molecule has 13 heavy (non-hydrogen) atoms. The van der Waals surface area contributed by atoms with Crippen LogP contribution in [0.3, 0.4) is 0 Å². The van der Waals surface area contributed by atoms with Gasteiger partial charge in [0.1, 0.15) is 0 Å². The van der Waals surface area contributed by atoms with Crippen LogP contribution in [0.2, 0.25) is 0 Å². The Bertz CT molecular complexity index is 282. The lowest BCUT2D eigenvalue weighted by molar-refractivity contribution is 0.0984. The number of hydrogen-bond donors (Lipinski definition) is 1. The van der Waals surface area contributed by atoms with E-state index in [1.165, 1.54) is 6.41 Å². The average Bonchev–Trinajstić information content (AvgIpc) is 2.19. The second-order valence-corrected chi connectivity index (χ2v) is 2.57. The largest absolute Gasteiger partial charge is 0.347 e. The van der Waals surface area contributed by atoms with E-state index >= 15 is 0 Å². The Hall–Kier alpha value is -1.64. The molecule has 0 aromatic heterocycles. The fourth-order valence-electron chi connectivity index (χ4n) is 0.995. The molecule has 1 amide bonds. The molecule has 1 N–H and O–H groups in total. The van der Waals surface area contributed by atoms with Gasteiger partial charge < -0.3 is 5.32 Å². The van der Waals surface area contributed by atoms with Crippen molar-refractivity contribution in [2.45, 2.75) is 6.42 Å². The normalized spacial score (nSPS) is 9.23. The summed E-state index contributed by atoms with van der Waals surface area (Å²) in [4.78, 5) is 21.1. The summed E-state index contributed by atoms with van der Waals surface area (Å²) in [6.45, 7) is 0.344. The van der Waals surface area contributed by atoms with Gasteiger partial charge in [-0.05, 0) is 0 Å². The summed E-state index contributed by atoms with van der Waals surface area (Å²) in [7, 11) is 0. The van der Waals surface area contributed by atoms with Crippen LogP contribution in [0.15, 0.2) is 30.3 Å². The minimum Gasteiger partial charge on any atom is -0.347 e. The van der Waals surface area contributed by atoms with Crippen molar-refractivity contribution >= 4 is 12.2 Å². The molecule has 0 aliphatic heterocycles. The number of ketones is 1. The van der Waals surface area contributed by atoms with Crippen LogP contribution in [0.4, 0.5) is 0 Å². The third-order valence-electron chi connectivity index (χ3n) is 1.64. The first-order valence-corrected chi connectivity index (χ1v) is 4.03. The Kier molecular flexibility index (Phi) is 3.70. The molecule has 1 radical (unpaired) electrons. The van der Waals surface area contributed by atoms with Crippen molar-refractivity contribution in [3.05, 3.63) is 35.9 Å². The molecule has 1 aromatic carbocycles. The van der Waals surface area contributed by atoms with Crippen molar-refractivity contribution in [2.24, 2.45) is 0 Å². The van der Waals surface area contributed by atoms with Gasteiger partial charge in [-0.15, -0.1) is 0 Å². The fourth-order valence-corrected chi connectivity index (χ4v) is 0.995. The Balaban J connectivity index is 2.45. The maximum Gasteiger partial charge on any atom is 0.309 e. The highest BCUT2D eigenvalue weighted by atomic mass is 16.1. The van der Waals surface area contributed by atoms with Gasteiger partial charge in [-0.2, -0.15) is 0 Å². The molecule has 0 saturated heterocycles. The van der Waals surface area contributed by atoms with Crippen LogP contribution in [0.1, 0.15) is 16.8 Å². The lowest BCUT2D eigenvalue weighted by atomic mass is 10.1. The lowest BCUT2D eigenvalue weighted by Gasteiger charge is -1.98. The fraction of sp³-hybridized carbons (Fsp3) is 0.200. The van der Waals surface area contributed by atoms with Gasteiger partial charge in [-0.1, -0.05) is 30.3 Å². The zero-order chi connectivity index (χ0) is 9.52. The topological polar surface area (TPSA) is 46.2 Å². The van der Waals surface area contributed by atoms with Gasteiger partial charge in [0, 0.05) is 18.5 Å². The Labute approximate surface area is 76.8 Å². The van der Waals surface area contributed by atoms with E-state index < -0.39 is 0 Å². The van der Waals surface area contributed by atoms with Gasteiger partial charge in [-0.3, -0.25) is 9.59 Å². The molecule has 0 unspecified atom stereocenters. The number of Topliss-reactive ketones (excluding diaryl/α,β-unsaturated/α-hetero) is 1. The zero-order valence-corrected chi connectivity index (χ0v) is 7.12. The minimum absolute atomic E-state index is 0.0309. The molecular weight excluding hydrogens is 166 g/mol. The van der Waals surface area contributed by atoms with E-state index in [1.54, 1.807) is 12.1 Å². The smallest absolute Gasteiger partial charge is 0.309 e. The monoisotopic (exact) mass is 176 g/mol. The first-order chi connectivity index (χ1) is 6.34. The number of rotatable bonds is 5. The first-order valence-electron chi connectivity index (χ1n) is 4.03. The number of benzene rings is 1. The second kappa shape index (κ2) is 5.09. The summed E-state index contributed by atoms with van der Waals surface area (Å²) in [5, 5.41) is 2.32. The molecule has 3 nitrogen and oxygen atoms in total. The molecule has 1 aromatic rings. The zero-order valence-electron chi connectivity index (χ0n) is 7.12. The molecule has 0 aliphatic carbocycles. The third-order valence-corrected chi connectivity index (χ3v) is 1.64.